The van der Waals surface area contributed by atoms with Crippen LogP contribution < -0.4 is 10.5 Å². The molecule has 30 heavy (non-hydrogen) atoms. The minimum absolute atomic E-state index is 0.0406. The topological polar surface area (TPSA) is 94.2 Å². The van der Waals surface area contributed by atoms with E-state index < -0.39 is 21.8 Å². The predicted molar refractivity (Wildman–Crippen MR) is 116 cm³/mol. The van der Waals surface area contributed by atoms with Gasteiger partial charge in [-0.1, -0.05) is 6.07 Å². The largest absolute Gasteiger partial charge is 0.420 e. The fourth-order valence-corrected chi connectivity index (χ4v) is 5.30. The van der Waals surface area contributed by atoms with Gasteiger partial charge in [0.25, 0.3) is 0 Å². The highest BCUT2D eigenvalue weighted by atomic mass is 32.2. The highest BCUT2D eigenvalue weighted by Gasteiger charge is 2.24. The van der Waals surface area contributed by atoms with Gasteiger partial charge in [0.15, 0.2) is 5.58 Å². The van der Waals surface area contributed by atoms with Crippen molar-refractivity contribution in [2.75, 3.05) is 0 Å². The summed E-state index contributed by atoms with van der Waals surface area (Å²) in [4.78, 5) is 16.3. The highest BCUT2D eigenvalue weighted by molar-refractivity contribution is 7.89. The van der Waals surface area contributed by atoms with E-state index in [-0.39, 0.29) is 16.5 Å². The molecule has 1 aromatic carbocycles. The van der Waals surface area contributed by atoms with Crippen LogP contribution in [-0.2, 0) is 16.4 Å². The first-order chi connectivity index (χ1) is 14.3. The number of hydrogen-bond acceptors (Lipinski definition) is 6. The van der Waals surface area contributed by atoms with Crippen LogP contribution >= 0.6 is 11.3 Å². The van der Waals surface area contributed by atoms with E-state index in [0.717, 1.165) is 11.1 Å². The number of hydrogen-bond donors (Lipinski definition) is 1. The number of rotatable bonds is 7. The molecule has 0 amide bonds. The van der Waals surface area contributed by atoms with Crippen molar-refractivity contribution in [1.82, 2.24) is 14.3 Å². The number of nitrogens with one attached hydrogen (secondary N) is 1. The first kappa shape index (κ1) is 20.5. The number of pyridine rings is 1. The van der Waals surface area contributed by atoms with Gasteiger partial charge in [0.05, 0.1) is 16.5 Å². The van der Waals surface area contributed by atoms with Crippen LogP contribution in [0.15, 0.2) is 73.7 Å². The van der Waals surface area contributed by atoms with Crippen molar-refractivity contribution in [3.8, 4) is 0 Å². The van der Waals surface area contributed by atoms with Gasteiger partial charge in [-0.05, 0) is 66.4 Å². The van der Waals surface area contributed by atoms with E-state index in [1.807, 2.05) is 36.7 Å². The number of aromatic nitrogens is 2. The van der Waals surface area contributed by atoms with E-state index in [2.05, 4.69) is 9.71 Å². The summed E-state index contributed by atoms with van der Waals surface area (Å²) in [6, 6.07) is 9.49. The summed E-state index contributed by atoms with van der Waals surface area (Å²) in [6.07, 6.45) is 3.80. The summed E-state index contributed by atoms with van der Waals surface area (Å²) in [7, 11) is -3.87. The monoisotopic (exact) mass is 443 g/mol. The van der Waals surface area contributed by atoms with Crippen molar-refractivity contribution in [3.05, 3.63) is 81.2 Å². The Morgan fingerprint density at radius 2 is 2.07 bits per heavy atom. The molecular formula is C21H21N3O4S2. The van der Waals surface area contributed by atoms with Crippen LogP contribution in [0.25, 0.3) is 11.1 Å². The van der Waals surface area contributed by atoms with Crippen molar-refractivity contribution in [3.63, 3.8) is 0 Å². The lowest BCUT2D eigenvalue weighted by atomic mass is 10.0. The molecule has 0 aliphatic carbocycles. The molecule has 7 nitrogen and oxygen atoms in total. The maximum atomic E-state index is 13.2. The molecule has 0 radical (unpaired) electrons. The third-order valence-electron chi connectivity index (χ3n) is 4.82. The van der Waals surface area contributed by atoms with E-state index in [9.17, 15) is 13.2 Å². The number of thiophene rings is 1. The van der Waals surface area contributed by atoms with E-state index in [1.54, 1.807) is 35.9 Å². The fraction of sp³-hybridized carbons (Fsp3) is 0.238. The first-order valence-electron chi connectivity index (χ1n) is 9.43. The molecule has 3 heterocycles. The number of benzene rings is 1. The lowest BCUT2D eigenvalue weighted by Crippen LogP contribution is -2.30. The Morgan fingerprint density at radius 1 is 1.23 bits per heavy atom. The second-order valence-corrected chi connectivity index (χ2v) is 9.75. The molecular weight excluding hydrogens is 422 g/mol. The van der Waals surface area contributed by atoms with Crippen LogP contribution in [0.3, 0.4) is 0 Å². The van der Waals surface area contributed by atoms with E-state index in [1.165, 1.54) is 16.7 Å². The summed E-state index contributed by atoms with van der Waals surface area (Å²) in [6.45, 7) is 3.73. The molecule has 1 atom stereocenters. The molecule has 4 aromatic rings. The highest BCUT2D eigenvalue weighted by Crippen LogP contribution is 2.25. The first-order valence-corrected chi connectivity index (χ1v) is 11.9. The molecule has 156 valence electrons. The zero-order valence-corrected chi connectivity index (χ0v) is 18.1. The zero-order chi connectivity index (χ0) is 21.3. The Morgan fingerprint density at radius 3 is 2.73 bits per heavy atom. The summed E-state index contributed by atoms with van der Waals surface area (Å²) < 4.78 is 35.9. The molecule has 9 heteroatoms. The van der Waals surface area contributed by atoms with Gasteiger partial charge < -0.3 is 4.42 Å². The molecule has 3 aromatic heterocycles. The number of fused-ring (bicyclic) bond motifs is 1. The molecule has 0 saturated carbocycles. The molecule has 0 saturated heterocycles. The second-order valence-electron chi connectivity index (χ2n) is 7.26. The van der Waals surface area contributed by atoms with Crippen molar-refractivity contribution in [1.29, 1.82) is 0 Å². The van der Waals surface area contributed by atoms with Crippen molar-refractivity contribution >= 4 is 32.5 Å². The quantitative estimate of drug-likeness (QED) is 0.468. The summed E-state index contributed by atoms with van der Waals surface area (Å²) in [5.41, 5.74) is 2.61. The van der Waals surface area contributed by atoms with Gasteiger partial charge in [-0.2, -0.15) is 11.3 Å². The van der Waals surface area contributed by atoms with Gasteiger partial charge in [-0.3, -0.25) is 9.55 Å². The summed E-state index contributed by atoms with van der Waals surface area (Å²) in [5.74, 6) is -0.506. The van der Waals surface area contributed by atoms with Crippen molar-refractivity contribution in [2.45, 2.75) is 37.2 Å². The standard InChI is InChI=1S/C21H21N3O4S2/c1-14(2)24-19-6-5-17(11-20(19)28-21(24)25)30(26,27)23-18(10-15-7-9-29-13-15)16-4-3-8-22-12-16/h3-9,11-14,18,23H,10H2,1-2H3. The molecule has 0 spiro atoms. The average Bonchev–Trinajstić information content (AvgIpc) is 3.33. The van der Waals surface area contributed by atoms with E-state index in [0.29, 0.717) is 11.9 Å². The zero-order valence-electron chi connectivity index (χ0n) is 16.5. The smallest absolute Gasteiger partial charge is 0.408 e. The Balaban J connectivity index is 1.70. The van der Waals surface area contributed by atoms with Crippen LogP contribution in [0.4, 0.5) is 0 Å². The van der Waals surface area contributed by atoms with Gasteiger partial charge in [-0.25, -0.2) is 17.9 Å². The minimum atomic E-state index is -3.87. The van der Waals surface area contributed by atoms with Crippen LogP contribution in [0, 0.1) is 0 Å². The Kier molecular flexibility index (Phi) is 5.59. The summed E-state index contributed by atoms with van der Waals surface area (Å²) in [5, 5.41) is 3.95. The normalized spacial score (nSPS) is 13.2. The van der Waals surface area contributed by atoms with Crippen molar-refractivity contribution in [2.24, 2.45) is 0 Å². The van der Waals surface area contributed by atoms with Gasteiger partial charge >= 0.3 is 5.76 Å². The lowest BCUT2D eigenvalue weighted by Gasteiger charge is -2.18. The molecule has 0 bridgehead atoms. The Bertz CT molecular complexity index is 1310. The third kappa shape index (κ3) is 4.09. The molecule has 4 rings (SSSR count). The predicted octanol–water partition coefficient (Wildman–Crippen LogP) is 3.89. The molecule has 0 aliphatic rings. The average molecular weight is 444 g/mol. The maximum absolute atomic E-state index is 13.2. The number of oxazole rings is 1. The maximum Gasteiger partial charge on any atom is 0.420 e. The third-order valence-corrected chi connectivity index (χ3v) is 7.02. The summed E-state index contributed by atoms with van der Waals surface area (Å²) >= 11 is 1.56. The Hall–Kier alpha value is -2.75. The van der Waals surface area contributed by atoms with Gasteiger partial charge in [0.2, 0.25) is 10.0 Å². The van der Waals surface area contributed by atoms with Crippen LogP contribution in [0.2, 0.25) is 0 Å². The van der Waals surface area contributed by atoms with Gasteiger partial charge in [0, 0.05) is 24.5 Å². The van der Waals surface area contributed by atoms with Crippen LogP contribution in [-0.4, -0.2) is 18.0 Å². The number of nitrogens with zero attached hydrogens (tertiary/aromatic N) is 2. The van der Waals surface area contributed by atoms with Gasteiger partial charge in [0.1, 0.15) is 0 Å². The molecule has 0 fully saturated rings. The minimum Gasteiger partial charge on any atom is -0.408 e. The SMILES string of the molecule is CC(C)n1c(=O)oc2cc(S(=O)(=O)NC(Cc3ccsc3)c3cccnc3)ccc21. The van der Waals surface area contributed by atoms with Crippen LogP contribution in [0.5, 0.6) is 0 Å². The van der Waals surface area contributed by atoms with Gasteiger partial charge in [-0.15, -0.1) is 0 Å². The molecule has 1 unspecified atom stereocenters. The lowest BCUT2D eigenvalue weighted by molar-refractivity contribution is 0.478. The second kappa shape index (κ2) is 8.17. The van der Waals surface area contributed by atoms with Crippen LogP contribution in [0.1, 0.15) is 37.1 Å². The fourth-order valence-electron chi connectivity index (χ4n) is 3.38. The molecule has 0 aliphatic heterocycles. The number of sulfonamides is 1. The molecule has 1 N–H and O–H groups in total. The van der Waals surface area contributed by atoms with E-state index >= 15 is 0 Å². The van der Waals surface area contributed by atoms with Crippen molar-refractivity contribution < 1.29 is 12.8 Å². The Labute approximate surface area is 178 Å². The van der Waals surface area contributed by atoms with E-state index in [4.69, 9.17) is 4.42 Å².